The van der Waals surface area contributed by atoms with Crippen molar-refractivity contribution in [1.82, 2.24) is 30.4 Å². The van der Waals surface area contributed by atoms with Crippen LogP contribution in [0.4, 0.5) is 0 Å². The van der Waals surface area contributed by atoms with Crippen LogP contribution in [-0.2, 0) is 9.59 Å². The molecule has 1 aliphatic rings. The van der Waals surface area contributed by atoms with Crippen LogP contribution in [0.1, 0.15) is 18.4 Å². The molecule has 2 heterocycles. The van der Waals surface area contributed by atoms with Crippen molar-refractivity contribution in [3.63, 3.8) is 0 Å². The van der Waals surface area contributed by atoms with Crippen LogP contribution in [0.5, 0.6) is 0 Å². The van der Waals surface area contributed by atoms with E-state index in [0.717, 1.165) is 24.0 Å². The first kappa shape index (κ1) is 16.8. The number of likely N-dealkylation sites (tertiary alicyclic amines) is 1. The van der Waals surface area contributed by atoms with Crippen LogP contribution in [0, 0.1) is 0 Å². The molecule has 1 unspecified atom stereocenters. The number of aromatic amines is 1. The minimum absolute atomic E-state index is 0.0243. The Hall–Kier alpha value is -3.03. The van der Waals surface area contributed by atoms with Crippen LogP contribution in [0.25, 0.3) is 17.5 Å². The molecule has 8 nitrogen and oxygen atoms in total. The number of nitrogens with zero attached hydrogens (tertiary/aromatic N) is 5. The molecule has 1 aromatic carbocycles. The molecule has 0 aliphatic carbocycles. The third kappa shape index (κ3) is 3.73. The number of amides is 2. The molecule has 3 rings (SSSR count). The maximum absolute atomic E-state index is 12.4. The van der Waals surface area contributed by atoms with E-state index >= 15 is 0 Å². The summed E-state index contributed by atoms with van der Waals surface area (Å²) >= 11 is 0. The van der Waals surface area contributed by atoms with Gasteiger partial charge in [0.25, 0.3) is 0 Å². The van der Waals surface area contributed by atoms with Gasteiger partial charge in [-0.1, -0.05) is 24.3 Å². The first-order valence-corrected chi connectivity index (χ1v) is 8.10. The minimum Gasteiger partial charge on any atom is -0.347 e. The van der Waals surface area contributed by atoms with Crippen molar-refractivity contribution in [2.45, 2.75) is 18.9 Å². The Labute approximate surface area is 145 Å². The summed E-state index contributed by atoms with van der Waals surface area (Å²) in [5, 5.41) is 13.8. The normalized spacial score (nSPS) is 17.2. The van der Waals surface area contributed by atoms with Crippen molar-refractivity contribution in [2.24, 2.45) is 0 Å². The molecule has 8 heteroatoms. The Morgan fingerprint density at radius 3 is 2.68 bits per heavy atom. The highest BCUT2D eigenvalue weighted by atomic mass is 16.2. The first-order valence-electron chi connectivity index (χ1n) is 8.10. The fourth-order valence-corrected chi connectivity index (χ4v) is 2.88. The first-order chi connectivity index (χ1) is 12.1. The lowest BCUT2D eigenvalue weighted by molar-refractivity contribution is -0.139. The zero-order valence-corrected chi connectivity index (χ0v) is 14.2. The van der Waals surface area contributed by atoms with Crippen molar-refractivity contribution < 1.29 is 9.59 Å². The van der Waals surface area contributed by atoms with Crippen LogP contribution >= 0.6 is 0 Å². The van der Waals surface area contributed by atoms with Crippen LogP contribution in [0.2, 0.25) is 0 Å². The van der Waals surface area contributed by atoms with Gasteiger partial charge >= 0.3 is 0 Å². The van der Waals surface area contributed by atoms with Gasteiger partial charge in [0.1, 0.15) is 6.04 Å². The third-order valence-corrected chi connectivity index (χ3v) is 4.19. The zero-order chi connectivity index (χ0) is 17.8. The molecule has 0 bridgehead atoms. The lowest BCUT2D eigenvalue weighted by Gasteiger charge is -2.25. The molecule has 0 radical (unpaired) electrons. The maximum Gasteiger partial charge on any atom is 0.247 e. The number of tetrazole rings is 1. The second-order valence-electron chi connectivity index (χ2n) is 6.11. The van der Waals surface area contributed by atoms with Gasteiger partial charge in [-0.3, -0.25) is 9.59 Å². The maximum atomic E-state index is 12.4. The highest BCUT2D eigenvalue weighted by molar-refractivity contribution is 5.96. The number of benzene rings is 1. The number of hydrogen-bond acceptors (Lipinski definition) is 5. The standard InChI is InChI=1S/C17H20N6O2/c1-22(2)17(25)14-4-3-11-23(14)15(24)10-7-12-5-8-13(9-6-12)16-18-20-21-19-16/h5-10,14H,3-4,11H2,1-2H3,(H,18,19,20,21)/b10-7+. The van der Waals surface area contributed by atoms with Gasteiger partial charge in [0.05, 0.1) is 0 Å². The van der Waals surface area contributed by atoms with Gasteiger partial charge in [-0.25, -0.2) is 0 Å². The summed E-state index contributed by atoms with van der Waals surface area (Å²) in [5.41, 5.74) is 1.73. The molecule has 0 spiro atoms. The summed E-state index contributed by atoms with van der Waals surface area (Å²) in [6, 6.07) is 7.13. The van der Waals surface area contributed by atoms with Gasteiger partial charge in [-0.05, 0) is 29.7 Å². The van der Waals surface area contributed by atoms with Crippen LogP contribution < -0.4 is 0 Å². The summed E-state index contributed by atoms with van der Waals surface area (Å²) in [4.78, 5) is 27.8. The molecule has 25 heavy (non-hydrogen) atoms. The fourth-order valence-electron chi connectivity index (χ4n) is 2.88. The minimum atomic E-state index is -0.354. The number of H-pyrrole nitrogens is 1. The average molecular weight is 340 g/mol. The number of aromatic nitrogens is 4. The molecule has 1 N–H and O–H groups in total. The van der Waals surface area contributed by atoms with E-state index in [2.05, 4.69) is 20.6 Å². The Morgan fingerprint density at radius 2 is 2.04 bits per heavy atom. The quantitative estimate of drug-likeness (QED) is 0.837. The largest absolute Gasteiger partial charge is 0.347 e. The van der Waals surface area contributed by atoms with Gasteiger partial charge in [-0.15, -0.1) is 10.2 Å². The molecule has 1 aliphatic heterocycles. The summed E-state index contributed by atoms with van der Waals surface area (Å²) in [6.45, 7) is 0.615. The van der Waals surface area contributed by atoms with E-state index in [9.17, 15) is 9.59 Å². The second-order valence-corrected chi connectivity index (χ2v) is 6.11. The number of rotatable bonds is 4. The van der Waals surface area contributed by atoms with Crippen LogP contribution in [0.15, 0.2) is 30.3 Å². The predicted octanol–water partition coefficient (Wildman–Crippen LogP) is 0.959. The van der Waals surface area contributed by atoms with Crippen LogP contribution in [0.3, 0.4) is 0 Å². The Bertz CT molecular complexity index is 767. The number of likely N-dealkylation sites (N-methyl/N-ethyl adjacent to an activating group) is 1. The smallest absolute Gasteiger partial charge is 0.247 e. The molecule has 0 saturated carbocycles. The Balaban J connectivity index is 1.67. The van der Waals surface area contributed by atoms with E-state index in [0.29, 0.717) is 12.4 Å². The van der Waals surface area contributed by atoms with Crippen molar-refractivity contribution >= 4 is 17.9 Å². The molecule has 1 fully saturated rings. The van der Waals surface area contributed by atoms with Gasteiger partial charge in [-0.2, -0.15) is 5.21 Å². The van der Waals surface area contributed by atoms with E-state index in [4.69, 9.17) is 0 Å². The lowest BCUT2D eigenvalue weighted by Crippen LogP contribution is -2.44. The van der Waals surface area contributed by atoms with Crippen molar-refractivity contribution in [3.05, 3.63) is 35.9 Å². The fraction of sp³-hybridized carbons (Fsp3) is 0.353. The zero-order valence-electron chi connectivity index (χ0n) is 14.2. The Kier molecular flexibility index (Phi) is 4.87. The van der Waals surface area contributed by atoms with Gasteiger partial charge < -0.3 is 9.80 Å². The van der Waals surface area contributed by atoms with E-state index in [1.807, 2.05) is 24.3 Å². The lowest BCUT2D eigenvalue weighted by atomic mass is 10.1. The van der Waals surface area contributed by atoms with Crippen molar-refractivity contribution in [2.75, 3.05) is 20.6 Å². The highest BCUT2D eigenvalue weighted by Crippen LogP contribution is 2.20. The molecule has 130 valence electrons. The molecule has 2 aromatic rings. The molecule has 1 aromatic heterocycles. The van der Waals surface area contributed by atoms with Crippen molar-refractivity contribution in [1.29, 1.82) is 0 Å². The monoisotopic (exact) mass is 340 g/mol. The van der Waals surface area contributed by atoms with E-state index in [1.54, 1.807) is 25.1 Å². The molecular formula is C17H20N6O2. The van der Waals surface area contributed by atoms with E-state index in [1.165, 1.54) is 11.0 Å². The second kappa shape index (κ2) is 7.25. The van der Waals surface area contributed by atoms with Gasteiger partial charge in [0, 0.05) is 32.3 Å². The van der Waals surface area contributed by atoms with E-state index in [-0.39, 0.29) is 17.9 Å². The summed E-state index contributed by atoms with van der Waals surface area (Å²) in [5.74, 6) is 0.359. The number of carbonyl (C=O) groups excluding carboxylic acids is 2. The molecule has 1 saturated heterocycles. The topological polar surface area (TPSA) is 95.1 Å². The van der Waals surface area contributed by atoms with Crippen molar-refractivity contribution in [3.8, 4) is 11.4 Å². The summed E-state index contributed by atoms with van der Waals surface area (Å²) in [6.07, 6.45) is 4.84. The number of carbonyl (C=O) groups is 2. The van der Waals surface area contributed by atoms with E-state index < -0.39 is 0 Å². The van der Waals surface area contributed by atoms with Crippen LogP contribution in [-0.4, -0.2) is 68.9 Å². The Morgan fingerprint density at radius 1 is 1.28 bits per heavy atom. The molecule has 2 amide bonds. The van der Waals surface area contributed by atoms with Gasteiger partial charge in [0.15, 0.2) is 0 Å². The summed E-state index contributed by atoms with van der Waals surface area (Å²) in [7, 11) is 3.43. The summed E-state index contributed by atoms with van der Waals surface area (Å²) < 4.78 is 0. The average Bonchev–Trinajstić information content (AvgIpc) is 3.30. The third-order valence-electron chi connectivity index (χ3n) is 4.19. The molecular weight excluding hydrogens is 320 g/mol. The SMILES string of the molecule is CN(C)C(=O)C1CCCN1C(=O)/C=C/c1ccc(-c2nn[nH]n2)cc1. The predicted molar refractivity (Wildman–Crippen MR) is 92.1 cm³/mol. The highest BCUT2D eigenvalue weighted by Gasteiger charge is 2.33. The number of hydrogen-bond donors (Lipinski definition) is 1. The number of nitrogens with one attached hydrogen (secondary N) is 1. The van der Waals surface area contributed by atoms with Gasteiger partial charge in [0.2, 0.25) is 17.6 Å². The molecule has 1 atom stereocenters.